The predicted molar refractivity (Wildman–Crippen MR) is 92.4 cm³/mol. The van der Waals surface area contributed by atoms with Crippen molar-refractivity contribution < 1.29 is 4.74 Å². The molecule has 0 atom stereocenters. The van der Waals surface area contributed by atoms with Crippen LogP contribution < -0.4 is 15.4 Å². The molecule has 3 aromatic rings. The van der Waals surface area contributed by atoms with E-state index in [1.807, 2.05) is 43.3 Å². The molecule has 122 valence electrons. The topological polar surface area (TPSA) is 84.9 Å². The van der Waals surface area contributed by atoms with Crippen molar-refractivity contribution in [1.29, 1.82) is 0 Å². The van der Waals surface area contributed by atoms with Gasteiger partial charge in [0.1, 0.15) is 5.75 Å². The number of nitrogens with zero attached hydrogens (tertiary/aromatic N) is 4. The van der Waals surface area contributed by atoms with Crippen LogP contribution in [0.15, 0.2) is 48.8 Å². The van der Waals surface area contributed by atoms with Gasteiger partial charge in [0, 0.05) is 6.20 Å². The van der Waals surface area contributed by atoms with Crippen molar-refractivity contribution >= 4 is 17.5 Å². The van der Waals surface area contributed by atoms with Gasteiger partial charge in [0.15, 0.2) is 5.82 Å². The van der Waals surface area contributed by atoms with E-state index in [0.29, 0.717) is 18.3 Å². The summed E-state index contributed by atoms with van der Waals surface area (Å²) in [6.45, 7) is 2.57. The minimum absolute atomic E-state index is 0.393. The zero-order valence-electron chi connectivity index (χ0n) is 13.5. The third-order valence-corrected chi connectivity index (χ3v) is 3.34. The molecular formula is C17H18N6O. The standard InChI is InChI=1S/C17H18N6O/c1-12-6-7-15(24-2)14(9-12)21-17-22-16(11-20-23-17)19-10-13-5-3-4-8-18-13/h3-9,11H,10H2,1-2H3,(H2,19,21,22,23). The van der Waals surface area contributed by atoms with E-state index in [1.165, 1.54) is 0 Å². The zero-order chi connectivity index (χ0) is 16.8. The van der Waals surface area contributed by atoms with Gasteiger partial charge in [0.2, 0.25) is 5.95 Å². The molecule has 0 aliphatic rings. The van der Waals surface area contributed by atoms with Crippen LogP contribution in [0.5, 0.6) is 5.75 Å². The van der Waals surface area contributed by atoms with Gasteiger partial charge in [-0.1, -0.05) is 12.1 Å². The summed E-state index contributed by atoms with van der Waals surface area (Å²) in [6.07, 6.45) is 3.33. The molecule has 2 N–H and O–H groups in total. The maximum Gasteiger partial charge on any atom is 0.249 e. The summed E-state index contributed by atoms with van der Waals surface area (Å²) < 4.78 is 5.35. The van der Waals surface area contributed by atoms with Gasteiger partial charge in [-0.3, -0.25) is 4.98 Å². The summed E-state index contributed by atoms with van der Waals surface area (Å²) in [6, 6.07) is 11.6. The van der Waals surface area contributed by atoms with Crippen LogP contribution in [0.2, 0.25) is 0 Å². The second-order valence-corrected chi connectivity index (χ2v) is 5.17. The van der Waals surface area contributed by atoms with Crippen LogP contribution in [-0.4, -0.2) is 27.3 Å². The van der Waals surface area contributed by atoms with Crippen molar-refractivity contribution in [2.24, 2.45) is 0 Å². The molecule has 3 rings (SSSR count). The van der Waals surface area contributed by atoms with Crippen LogP contribution in [0.25, 0.3) is 0 Å². The van der Waals surface area contributed by atoms with E-state index in [2.05, 4.69) is 30.8 Å². The third-order valence-electron chi connectivity index (χ3n) is 3.34. The Balaban J connectivity index is 1.72. The van der Waals surface area contributed by atoms with E-state index in [-0.39, 0.29) is 0 Å². The minimum atomic E-state index is 0.393. The number of rotatable bonds is 6. The molecule has 0 fully saturated rings. The maximum atomic E-state index is 5.35. The molecule has 0 radical (unpaired) electrons. The lowest BCUT2D eigenvalue weighted by atomic mass is 10.2. The molecular weight excluding hydrogens is 304 g/mol. The number of aromatic nitrogens is 4. The maximum absolute atomic E-state index is 5.35. The second kappa shape index (κ2) is 7.36. The molecule has 0 aliphatic carbocycles. The lowest BCUT2D eigenvalue weighted by molar-refractivity contribution is 0.416. The Bertz CT molecular complexity index is 809. The monoisotopic (exact) mass is 322 g/mol. The molecule has 7 nitrogen and oxygen atoms in total. The number of nitrogens with one attached hydrogen (secondary N) is 2. The second-order valence-electron chi connectivity index (χ2n) is 5.17. The summed E-state index contributed by atoms with van der Waals surface area (Å²) in [5.41, 5.74) is 2.82. The van der Waals surface area contributed by atoms with Crippen molar-refractivity contribution in [3.63, 3.8) is 0 Å². The minimum Gasteiger partial charge on any atom is -0.495 e. The zero-order valence-corrected chi connectivity index (χ0v) is 13.5. The van der Waals surface area contributed by atoms with E-state index in [0.717, 1.165) is 22.7 Å². The van der Waals surface area contributed by atoms with Crippen molar-refractivity contribution in [2.45, 2.75) is 13.5 Å². The quantitative estimate of drug-likeness (QED) is 0.721. The van der Waals surface area contributed by atoms with Crippen molar-refractivity contribution in [3.8, 4) is 5.75 Å². The molecule has 0 amide bonds. The van der Waals surface area contributed by atoms with E-state index >= 15 is 0 Å². The fourth-order valence-corrected chi connectivity index (χ4v) is 2.17. The number of ether oxygens (including phenoxy) is 1. The Kier molecular flexibility index (Phi) is 4.81. The number of aryl methyl sites for hydroxylation is 1. The molecule has 0 bridgehead atoms. The number of hydrogen-bond acceptors (Lipinski definition) is 7. The smallest absolute Gasteiger partial charge is 0.249 e. The van der Waals surface area contributed by atoms with Crippen LogP contribution in [0.1, 0.15) is 11.3 Å². The molecule has 0 unspecified atom stereocenters. The van der Waals surface area contributed by atoms with Gasteiger partial charge in [0.05, 0.1) is 31.2 Å². The van der Waals surface area contributed by atoms with Gasteiger partial charge < -0.3 is 15.4 Å². The summed E-state index contributed by atoms with van der Waals surface area (Å²) in [5.74, 6) is 1.73. The molecule has 0 saturated carbocycles. The normalized spacial score (nSPS) is 10.2. The Morgan fingerprint density at radius 3 is 2.88 bits per heavy atom. The first-order valence-electron chi connectivity index (χ1n) is 7.50. The van der Waals surface area contributed by atoms with Gasteiger partial charge >= 0.3 is 0 Å². The summed E-state index contributed by atoms with van der Waals surface area (Å²) in [4.78, 5) is 8.67. The summed E-state index contributed by atoms with van der Waals surface area (Å²) in [5, 5.41) is 14.3. The van der Waals surface area contributed by atoms with E-state index < -0.39 is 0 Å². The van der Waals surface area contributed by atoms with Crippen LogP contribution in [0, 0.1) is 6.92 Å². The number of anilines is 3. The largest absolute Gasteiger partial charge is 0.495 e. The molecule has 2 heterocycles. The van der Waals surface area contributed by atoms with Crippen LogP contribution >= 0.6 is 0 Å². The van der Waals surface area contributed by atoms with Crippen LogP contribution in [0.4, 0.5) is 17.5 Å². The lowest BCUT2D eigenvalue weighted by Crippen LogP contribution is -2.07. The Labute approximate surface area is 140 Å². The SMILES string of the molecule is COc1ccc(C)cc1Nc1nncc(NCc2ccccn2)n1. The Hall–Kier alpha value is -3.22. The fraction of sp³-hybridized carbons (Fsp3) is 0.176. The predicted octanol–water partition coefficient (Wildman–Crippen LogP) is 2.94. The van der Waals surface area contributed by atoms with Crippen molar-refractivity contribution in [1.82, 2.24) is 20.2 Å². The highest BCUT2D eigenvalue weighted by Gasteiger charge is 2.07. The van der Waals surface area contributed by atoms with Gasteiger partial charge in [-0.15, -0.1) is 5.10 Å². The van der Waals surface area contributed by atoms with Crippen molar-refractivity contribution in [3.05, 3.63) is 60.0 Å². The fourth-order valence-electron chi connectivity index (χ4n) is 2.17. The first-order chi connectivity index (χ1) is 11.7. The van der Waals surface area contributed by atoms with E-state index in [4.69, 9.17) is 4.74 Å². The number of methoxy groups -OCH3 is 1. The number of benzene rings is 1. The molecule has 1 aromatic carbocycles. The highest BCUT2D eigenvalue weighted by molar-refractivity contribution is 5.63. The van der Waals surface area contributed by atoms with Crippen LogP contribution in [0.3, 0.4) is 0 Å². The van der Waals surface area contributed by atoms with Gasteiger partial charge in [-0.25, -0.2) is 0 Å². The summed E-state index contributed by atoms with van der Waals surface area (Å²) >= 11 is 0. The lowest BCUT2D eigenvalue weighted by Gasteiger charge is -2.11. The molecule has 7 heteroatoms. The first kappa shape index (κ1) is 15.7. The van der Waals surface area contributed by atoms with E-state index in [1.54, 1.807) is 19.5 Å². The molecule has 0 aliphatic heterocycles. The van der Waals surface area contributed by atoms with E-state index in [9.17, 15) is 0 Å². The van der Waals surface area contributed by atoms with Crippen LogP contribution in [-0.2, 0) is 6.54 Å². The molecule has 0 saturated heterocycles. The third kappa shape index (κ3) is 3.95. The Morgan fingerprint density at radius 2 is 2.08 bits per heavy atom. The highest BCUT2D eigenvalue weighted by atomic mass is 16.5. The number of pyridine rings is 1. The average molecular weight is 322 g/mol. The Morgan fingerprint density at radius 1 is 1.17 bits per heavy atom. The van der Waals surface area contributed by atoms with Gasteiger partial charge in [-0.05, 0) is 36.8 Å². The average Bonchev–Trinajstić information content (AvgIpc) is 2.61. The summed E-state index contributed by atoms with van der Waals surface area (Å²) in [7, 11) is 1.62. The van der Waals surface area contributed by atoms with Gasteiger partial charge in [0.25, 0.3) is 0 Å². The van der Waals surface area contributed by atoms with Crippen molar-refractivity contribution in [2.75, 3.05) is 17.7 Å². The highest BCUT2D eigenvalue weighted by Crippen LogP contribution is 2.27. The molecule has 24 heavy (non-hydrogen) atoms. The van der Waals surface area contributed by atoms with Gasteiger partial charge in [-0.2, -0.15) is 10.1 Å². The number of hydrogen-bond donors (Lipinski definition) is 2. The molecule has 2 aromatic heterocycles. The molecule has 0 spiro atoms. The first-order valence-corrected chi connectivity index (χ1v) is 7.50.